The van der Waals surface area contributed by atoms with Crippen molar-refractivity contribution in [3.63, 3.8) is 0 Å². The van der Waals surface area contributed by atoms with Crippen molar-refractivity contribution in [1.29, 1.82) is 0 Å². The molecule has 0 aromatic heterocycles. The number of amides is 1. The van der Waals surface area contributed by atoms with E-state index in [0.29, 0.717) is 35.2 Å². The van der Waals surface area contributed by atoms with Gasteiger partial charge in [0.05, 0.1) is 19.4 Å². The molecule has 4 aliphatic rings. The first-order valence-corrected chi connectivity index (χ1v) is 15.1. The number of hydrogen-bond acceptors (Lipinski definition) is 9. The van der Waals surface area contributed by atoms with Crippen LogP contribution in [-0.2, 0) is 19.1 Å². The summed E-state index contributed by atoms with van der Waals surface area (Å²) in [6.45, 7) is 13.6. The molecule has 8 atom stereocenters. The number of nitrogens with zero attached hydrogens (tertiary/aromatic N) is 2. The highest BCUT2D eigenvalue weighted by Crippen LogP contribution is 2.68. The standard InChI is InChI=1S/C32H43BN2O8/c1-8-30(5)15-24(31(6)18(2)11-13-32(20(4)28(30)38)14-12-22(36)27(31)32)43-25(37)17-42-23-10-9-21-16-34-35(29(39)41-7)33(40)26(21)19(23)3/h8-10,16,18,20,24,27-28,38,40H,1,11-15,17H2,2-7H3/t18-,20-,24+,27-,28-,30+,31-,32-/m0/s1. The van der Waals surface area contributed by atoms with Crippen molar-refractivity contribution in [2.75, 3.05) is 13.7 Å². The van der Waals surface area contributed by atoms with E-state index in [-0.39, 0.29) is 29.0 Å². The maximum absolute atomic E-state index is 13.6. The molecule has 3 fully saturated rings. The van der Waals surface area contributed by atoms with Crippen LogP contribution in [0.15, 0.2) is 29.9 Å². The third-order valence-corrected chi connectivity index (χ3v) is 11.6. The maximum atomic E-state index is 13.6. The zero-order chi connectivity index (χ0) is 31.5. The minimum absolute atomic E-state index is 0.110. The van der Waals surface area contributed by atoms with E-state index in [2.05, 4.69) is 32.5 Å². The molecule has 1 aromatic rings. The Morgan fingerprint density at radius 1 is 1.26 bits per heavy atom. The van der Waals surface area contributed by atoms with E-state index in [1.54, 1.807) is 25.1 Å². The summed E-state index contributed by atoms with van der Waals surface area (Å²) in [5, 5.41) is 26.5. The lowest BCUT2D eigenvalue weighted by atomic mass is 9.44. The van der Waals surface area contributed by atoms with Gasteiger partial charge in [0.1, 0.15) is 17.6 Å². The first kappa shape index (κ1) is 31.3. The molecule has 1 heterocycles. The van der Waals surface area contributed by atoms with Crippen molar-refractivity contribution in [3.05, 3.63) is 35.9 Å². The van der Waals surface area contributed by atoms with Crippen molar-refractivity contribution < 1.29 is 38.7 Å². The van der Waals surface area contributed by atoms with Gasteiger partial charge in [-0.3, -0.25) is 4.79 Å². The summed E-state index contributed by atoms with van der Waals surface area (Å²) in [5.41, 5.74) is -0.152. The van der Waals surface area contributed by atoms with Gasteiger partial charge in [0.2, 0.25) is 0 Å². The molecule has 0 spiro atoms. The Morgan fingerprint density at radius 3 is 2.65 bits per heavy atom. The number of aliphatic hydroxyl groups is 1. The number of carbonyl (C=O) groups excluding carboxylic acids is 3. The fraction of sp³-hybridized carbons (Fsp3) is 0.625. The smallest absolute Gasteiger partial charge is 0.479 e. The van der Waals surface area contributed by atoms with Crippen LogP contribution in [0.3, 0.4) is 0 Å². The molecule has 1 aliphatic heterocycles. The lowest BCUT2D eigenvalue weighted by molar-refractivity contribution is -0.207. The Labute approximate surface area is 253 Å². The summed E-state index contributed by atoms with van der Waals surface area (Å²) < 4.78 is 16.9. The van der Waals surface area contributed by atoms with Gasteiger partial charge in [-0.2, -0.15) is 5.10 Å². The number of aliphatic hydroxyl groups excluding tert-OH is 1. The molecule has 11 heteroatoms. The van der Waals surface area contributed by atoms with Gasteiger partial charge in [0.15, 0.2) is 6.61 Å². The van der Waals surface area contributed by atoms with E-state index in [1.165, 1.54) is 13.3 Å². The maximum Gasteiger partial charge on any atom is 0.479 e. The number of ketones is 1. The van der Waals surface area contributed by atoms with Gasteiger partial charge < -0.3 is 24.3 Å². The third-order valence-electron chi connectivity index (χ3n) is 11.6. The van der Waals surface area contributed by atoms with Crippen molar-refractivity contribution in [2.45, 2.75) is 78.9 Å². The number of hydrogen-bond donors (Lipinski definition) is 2. The first-order chi connectivity index (χ1) is 20.2. The number of esters is 1. The molecule has 0 radical (unpaired) electrons. The number of methoxy groups -OCH3 is 1. The molecule has 0 unspecified atom stereocenters. The van der Waals surface area contributed by atoms with Gasteiger partial charge in [-0.05, 0) is 72.5 Å². The number of hydrazone groups is 1. The van der Waals surface area contributed by atoms with Crippen LogP contribution in [0.25, 0.3) is 0 Å². The minimum Gasteiger partial charge on any atom is -0.482 e. The lowest BCUT2D eigenvalue weighted by Gasteiger charge is -2.61. The van der Waals surface area contributed by atoms with Crippen molar-refractivity contribution in [1.82, 2.24) is 4.92 Å². The van der Waals surface area contributed by atoms with E-state index in [1.807, 2.05) is 6.92 Å². The molecule has 2 bridgehead atoms. The number of ether oxygens (including phenoxy) is 3. The largest absolute Gasteiger partial charge is 0.482 e. The highest BCUT2D eigenvalue weighted by Gasteiger charge is 2.68. The van der Waals surface area contributed by atoms with Crippen LogP contribution in [0.4, 0.5) is 4.79 Å². The van der Waals surface area contributed by atoms with Gasteiger partial charge in [0, 0.05) is 23.2 Å². The van der Waals surface area contributed by atoms with Crippen LogP contribution < -0.4 is 10.2 Å². The average molecular weight is 595 g/mol. The Morgan fingerprint density at radius 2 is 1.98 bits per heavy atom. The molecular formula is C32H43BN2O8. The lowest BCUT2D eigenvalue weighted by Crippen LogP contribution is -2.63. The highest BCUT2D eigenvalue weighted by molar-refractivity contribution is 6.68. The second-order valence-electron chi connectivity index (χ2n) is 13.5. The first-order valence-electron chi connectivity index (χ1n) is 15.1. The van der Waals surface area contributed by atoms with E-state index in [4.69, 9.17) is 14.2 Å². The van der Waals surface area contributed by atoms with Crippen molar-refractivity contribution in [2.24, 2.45) is 39.1 Å². The Bertz CT molecular complexity index is 1370. The molecule has 10 nitrogen and oxygen atoms in total. The molecule has 0 saturated heterocycles. The van der Waals surface area contributed by atoms with Gasteiger partial charge in [-0.1, -0.05) is 39.8 Å². The number of carbonyl (C=O) groups is 3. The Hall–Kier alpha value is -3.18. The fourth-order valence-corrected chi connectivity index (χ4v) is 8.72. The monoisotopic (exact) mass is 594 g/mol. The fourth-order valence-electron chi connectivity index (χ4n) is 8.72. The van der Waals surface area contributed by atoms with Crippen molar-refractivity contribution in [3.8, 4) is 5.75 Å². The van der Waals surface area contributed by atoms with Gasteiger partial charge in [-0.25, -0.2) is 14.5 Å². The Balaban J connectivity index is 1.41. The number of benzene rings is 1. The molecule has 232 valence electrons. The van der Waals surface area contributed by atoms with Gasteiger partial charge >= 0.3 is 19.1 Å². The normalized spacial score (nSPS) is 36.7. The van der Waals surface area contributed by atoms with Crippen LogP contribution in [0.1, 0.15) is 70.9 Å². The molecule has 43 heavy (non-hydrogen) atoms. The van der Waals surface area contributed by atoms with E-state index in [0.717, 1.165) is 24.2 Å². The second-order valence-corrected chi connectivity index (χ2v) is 13.5. The van der Waals surface area contributed by atoms with E-state index < -0.39 is 48.8 Å². The highest BCUT2D eigenvalue weighted by atomic mass is 16.6. The molecule has 1 aromatic carbocycles. The summed E-state index contributed by atoms with van der Waals surface area (Å²) in [4.78, 5) is 40.0. The van der Waals surface area contributed by atoms with Crippen LogP contribution in [0, 0.1) is 40.9 Å². The molecule has 3 aliphatic carbocycles. The zero-order valence-electron chi connectivity index (χ0n) is 26.0. The van der Waals surface area contributed by atoms with E-state index in [9.17, 15) is 24.5 Å². The number of fused-ring (bicyclic) bond motifs is 1. The predicted molar refractivity (Wildman–Crippen MR) is 161 cm³/mol. The topological polar surface area (TPSA) is 135 Å². The summed E-state index contributed by atoms with van der Waals surface area (Å²) >= 11 is 0. The van der Waals surface area contributed by atoms with E-state index >= 15 is 0 Å². The second kappa shape index (κ2) is 11.1. The molecule has 3 saturated carbocycles. The SMILES string of the molecule is C=C[C@]1(C)C[C@@H](OC(=O)COc2ccc3c(c2C)B(O)N(C(=O)OC)N=C3)[C@@]2(C)[C@@H]3C(=O)CC[C@@]3(CC[C@@H]2C)[C@@H](C)[C@@H]1O. The molecule has 5 rings (SSSR count). The summed E-state index contributed by atoms with van der Waals surface area (Å²) in [7, 11) is -0.190. The molecular weight excluding hydrogens is 551 g/mol. The van der Waals surface area contributed by atoms with Crippen LogP contribution in [0.2, 0.25) is 0 Å². The van der Waals surface area contributed by atoms with Crippen LogP contribution >= 0.6 is 0 Å². The molecule has 1 amide bonds. The minimum atomic E-state index is -1.39. The zero-order valence-corrected chi connectivity index (χ0v) is 26.0. The van der Waals surface area contributed by atoms with Crippen LogP contribution in [0.5, 0.6) is 5.75 Å². The number of rotatable bonds is 5. The summed E-state index contributed by atoms with van der Waals surface area (Å²) in [6, 6.07) is 3.36. The van der Waals surface area contributed by atoms with Gasteiger partial charge in [0.25, 0.3) is 0 Å². The van der Waals surface area contributed by atoms with Crippen molar-refractivity contribution >= 4 is 36.6 Å². The third kappa shape index (κ3) is 4.70. The quantitative estimate of drug-likeness (QED) is 0.301. The predicted octanol–water partition coefficient (Wildman–Crippen LogP) is 3.38. The Kier molecular flexibility index (Phi) is 8.05. The summed E-state index contributed by atoms with van der Waals surface area (Å²) in [5.74, 6) is -0.362. The number of Topliss-reactive ketones (excluding diaryl/α,β-unsaturated/α-hetero) is 1. The molecule has 2 N–H and O–H groups in total. The average Bonchev–Trinajstić information content (AvgIpc) is 3.34. The van der Waals surface area contributed by atoms with Gasteiger partial charge in [-0.15, -0.1) is 6.58 Å². The van der Waals surface area contributed by atoms with Crippen LogP contribution in [-0.4, -0.2) is 72.1 Å². The summed E-state index contributed by atoms with van der Waals surface area (Å²) in [6.07, 6.45) is 4.29.